The van der Waals surface area contributed by atoms with Crippen molar-refractivity contribution in [3.8, 4) is 28.4 Å². The van der Waals surface area contributed by atoms with Crippen molar-refractivity contribution in [1.29, 1.82) is 0 Å². The van der Waals surface area contributed by atoms with Crippen LogP contribution in [0.2, 0.25) is 0 Å². The fourth-order valence-electron chi connectivity index (χ4n) is 5.08. The summed E-state index contributed by atoms with van der Waals surface area (Å²) in [7, 11) is 0. The highest BCUT2D eigenvalue weighted by Crippen LogP contribution is 2.24. The fraction of sp³-hybridized carbons (Fsp3) is 0.333. The molecule has 0 radical (unpaired) electrons. The minimum Gasteiger partial charge on any atom is -0.494 e. The smallest absolute Gasteiger partial charge is 0.343 e. The summed E-state index contributed by atoms with van der Waals surface area (Å²) in [5.41, 5.74) is 3.49. The van der Waals surface area contributed by atoms with Crippen LogP contribution >= 0.6 is 0 Å². The van der Waals surface area contributed by atoms with Crippen molar-refractivity contribution in [2.75, 3.05) is 19.8 Å². The van der Waals surface area contributed by atoms with Gasteiger partial charge in [0.05, 0.1) is 25.4 Å². The first-order chi connectivity index (χ1) is 23.6. The Morgan fingerprint density at radius 2 is 1.04 bits per heavy atom. The van der Waals surface area contributed by atoms with Gasteiger partial charge in [-0.2, -0.15) is 0 Å². The van der Waals surface area contributed by atoms with Crippen LogP contribution in [0.15, 0.2) is 109 Å². The van der Waals surface area contributed by atoms with Gasteiger partial charge in [-0.15, -0.1) is 0 Å². The van der Waals surface area contributed by atoms with Gasteiger partial charge in [0.15, 0.2) is 0 Å². The second kappa shape index (κ2) is 21.1. The van der Waals surface area contributed by atoms with Crippen LogP contribution in [0.25, 0.3) is 17.2 Å². The van der Waals surface area contributed by atoms with E-state index in [9.17, 15) is 9.59 Å². The quantitative estimate of drug-likeness (QED) is 0.0387. The van der Waals surface area contributed by atoms with E-state index < -0.39 is 5.97 Å². The van der Waals surface area contributed by atoms with Crippen molar-refractivity contribution in [1.82, 2.24) is 0 Å². The lowest BCUT2D eigenvalue weighted by Crippen LogP contribution is -2.08. The van der Waals surface area contributed by atoms with Crippen molar-refractivity contribution in [2.45, 2.75) is 71.1 Å². The van der Waals surface area contributed by atoms with Crippen molar-refractivity contribution in [3.63, 3.8) is 0 Å². The lowest BCUT2D eigenvalue weighted by atomic mass is 10.0. The Hall–Kier alpha value is -4.84. The van der Waals surface area contributed by atoms with Crippen LogP contribution in [0, 0.1) is 0 Å². The molecule has 0 aliphatic carbocycles. The monoisotopic (exact) mass is 648 g/mol. The first-order valence-corrected chi connectivity index (χ1v) is 17.3. The number of benzene rings is 4. The lowest BCUT2D eigenvalue weighted by Gasteiger charge is -2.09. The molecule has 0 unspecified atom stereocenters. The van der Waals surface area contributed by atoms with Crippen LogP contribution in [0.3, 0.4) is 0 Å². The van der Waals surface area contributed by atoms with E-state index in [1.807, 2.05) is 78.9 Å². The number of carbonyl (C=O) groups excluding carboxylic acids is 2. The molecule has 252 valence electrons. The predicted molar refractivity (Wildman–Crippen MR) is 193 cm³/mol. The molecular formula is C42H48O6. The topological polar surface area (TPSA) is 71.1 Å². The van der Waals surface area contributed by atoms with Gasteiger partial charge in [0.2, 0.25) is 0 Å². The zero-order valence-corrected chi connectivity index (χ0v) is 28.1. The highest BCUT2D eigenvalue weighted by molar-refractivity contribution is 5.91. The first kappa shape index (κ1) is 36.0. The van der Waals surface area contributed by atoms with Gasteiger partial charge >= 0.3 is 11.9 Å². The van der Waals surface area contributed by atoms with E-state index >= 15 is 0 Å². The summed E-state index contributed by atoms with van der Waals surface area (Å²) in [6, 6.07) is 32.2. The lowest BCUT2D eigenvalue weighted by molar-refractivity contribution is -0.137. The third-order valence-electron chi connectivity index (χ3n) is 7.87. The second-order valence-corrected chi connectivity index (χ2v) is 11.8. The maximum Gasteiger partial charge on any atom is 0.343 e. The molecule has 6 heteroatoms. The van der Waals surface area contributed by atoms with Crippen molar-refractivity contribution >= 4 is 18.0 Å². The summed E-state index contributed by atoms with van der Waals surface area (Å²) in [6.45, 7) is 3.98. The Morgan fingerprint density at radius 1 is 0.542 bits per heavy atom. The maximum atomic E-state index is 12.7. The predicted octanol–water partition coefficient (Wildman–Crippen LogP) is 10.5. The molecule has 0 saturated carbocycles. The number of hydrogen-bond donors (Lipinski definition) is 0. The molecule has 4 aromatic carbocycles. The SMILES string of the molecule is CCCCCCCCOc1ccc(OC(=O)c2ccc(-c3ccc(OCCCCCCOC(=O)/C=C/c4ccccc4)cc3)cc2)cc1. The third-order valence-corrected chi connectivity index (χ3v) is 7.87. The summed E-state index contributed by atoms with van der Waals surface area (Å²) < 4.78 is 22.6. The van der Waals surface area contributed by atoms with E-state index in [1.54, 1.807) is 30.3 Å². The van der Waals surface area contributed by atoms with Gasteiger partial charge in [-0.25, -0.2) is 9.59 Å². The molecule has 0 aliphatic heterocycles. The normalized spacial score (nSPS) is 10.9. The molecule has 0 aliphatic rings. The van der Waals surface area contributed by atoms with Gasteiger partial charge in [0.25, 0.3) is 0 Å². The molecule has 0 bridgehead atoms. The highest BCUT2D eigenvalue weighted by atomic mass is 16.5. The second-order valence-electron chi connectivity index (χ2n) is 11.8. The van der Waals surface area contributed by atoms with Crippen LogP contribution in [0.5, 0.6) is 17.2 Å². The molecule has 0 aromatic heterocycles. The molecule has 0 saturated heterocycles. The minimum absolute atomic E-state index is 0.314. The Balaban J connectivity index is 1.08. The van der Waals surface area contributed by atoms with E-state index in [2.05, 4.69) is 6.92 Å². The van der Waals surface area contributed by atoms with Crippen LogP contribution in [0.1, 0.15) is 87.1 Å². The van der Waals surface area contributed by atoms with E-state index in [-0.39, 0.29) is 5.97 Å². The van der Waals surface area contributed by atoms with Crippen LogP contribution in [-0.4, -0.2) is 31.8 Å². The number of ether oxygens (including phenoxy) is 4. The molecule has 0 atom stereocenters. The molecule has 4 aromatic rings. The van der Waals surface area contributed by atoms with Crippen LogP contribution < -0.4 is 14.2 Å². The zero-order valence-electron chi connectivity index (χ0n) is 28.1. The Morgan fingerprint density at radius 3 is 1.65 bits per heavy atom. The van der Waals surface area contributed by atoms with E-state index in [0.29, 0.717) is 31.1 Å². The molecular weight excluding hydrogens is 600 g/mol. The zero-order chi connectivity index (χ0) is 33.7. The van der Waals surface area contributed by atoms with Gasteiger partial charge in [0, 0.05) is 6.08 Å². The Kier molecular flexibility index (Phi) is 15.8. The number of esters is 2. The molecule has 0 spiro atoms. The van der Waals surface area contributed by atoms with E-state index in [1.165, 1.54) is 38.2 Å². The van der Waals surface area contributed by atoms with Crippen LogP contribution in [0.4, 0.5) is 0 Å². The average Bonchev–Trinajstić information content (AvgIpc) is 3.13. The van der Waals surface area contributed by atoms with Crippen molar-refractivity contribution in [3.05, 3.63) is 120 Å². The number of rotatable bonds is 21. The van der Waals surface area contributed by atoms with E-state index in [0.717, 1.165) is 60.3 Å². The summed E-state index contributed by atoms with van der Waals surface area (Å²) in [4.78, 5) is 24.5. The summed E-state index contributed by atoms with van der Waals surface area (Å²) in [6.07, 6.45) is 14.3. The molecule has 0 N–H and O–H groups in total. The third kappa shape index (κ3) is 13.5. The number of hydrogen-bond acceptors (Lipinski definition) is 6. The Labute approximate surface area is 285 Å². The van der Waals surface area contributed by atoms with E-state index in [4.69, 9.17) is 18.9 Å². The number of unbranched alkanes of at least 4 members (excludes halogenated alkanes) is 8. The maximum absolute atomic E-state index is 12.7. The van der Waals surface area contributed by atoms with Crippen LogP contribution in [-0.2, 0) is 9.53 Å². The molecule has 0 fully saturated rings. The molecule has 0 heterocycles. The van der Waals surface area contributed by atoms with Gasteiger partial charge in [-0.3, -0.25) is 0 Å². The van der Waals surface area contributed by atoms with Gasteiger partial charge < -0.3 is 18.9 Å². The summed E-state index contributed by atoms with van der Waals surface area (Å²) in [5, 5.41) is 0. The minimum atomic E-state index is -0.400. The standard InChI is InChI=1S/C42H48O6/c1-2-3-4-5-6-12-31-46-39-26-28-40(29-27-39)48-42(44)37-20-18-35(19-21-37)36-22-24-38(25-23-36)45-32-13-7-8-14-33-47-41(43)30-17-34-15-10-9-11-16-34/h9-11,15-30H,2-8,12-14,31-33H2,1H3/b30-17+. The summed E-state index contributed by atoms with van der Waals surface area (Å²) >= 11 is 0. The number of carbonyl (C=O) groups is 2. The molecule has 48 heavy (non-hydrogen) atoms. The van der Waals surface area contributed by atoms with Crippen molar-refractivity contribution < 1.29 is 28.5 Å². The van der Waals surface area contributed by atoms with Gasteiger partial charge in [-0.05, 0) is 103 Å². The molecule has 0 amide bonds. The summed E-state index contributed by atoms with van der Waals surface area (Å²) in [5.74, 6) is 1.37. The molecule has 6 nitrogen and oxygen atoms in total. The fourth-order valence-corrected chi connectivity index (χ4v) is 5.08. The largest absolute Gasteiger partial charge is 0.494 e. The Bertz CT molecular complexity index is 1510. The first-order valence-electron chi connectivity index (χ1n) is 17.3. The van der Waals surface area contributed by atoms with Gasteiger partial charge in [-0.1, -0.05) is 93.6 Å². The van der Waals surface area contributed by atoms with Crippen molar-refractivity contribution in [2.24, 2.45) is 0 Å². The molecule has 4 rings (SSSR count). The average molecular weight is 649 g/mol. The van der Waals surface area contributed by atoms with Gasteiger partial charge in [0.1, 0.15) is 17.2 Å². The highest BCUT2D eigenvalue weighted by Gasteiger charge is 2.10.